The van der Waals surface area contributed by atoms with Crippen molar-refractivity contribution in [1.29, 1.82) is 0 Å². The summed E-state index contributed by atoms with van der Waals surface area (Å²) >= 11 is 0. The van der Waals surface area contributed by atoms with E-state index in [9.17, 15) is 0 Å². The molecule has 11 aromatic carbocycles. The van der Waals surface area contributed by atoms with Crippen molar-refractivity contribution >= 4 is 54.1 Å². The van der Waals surface area contributed by atoms with E-state index in [-0.39, 0.29) is 5.41 Å². The number of benzene rings is 11. The highest BCUT2D eigenvalue weighted by Crippen LogP contribution is 2.69. The predicted octanol–water partition coefficient (Wildman–Crippen LogP) is 18.6. The van der Waals surface area contributed by atoms with E-state index < -0.39 is 0 Å². The molecule has 0 aliphatic heterocycles. The summed E-state index contributed by atoms with van der Waals surface area (Å²) in [5.41, 5.74) is 20.1. The van der Waals surface area contributed by atoms with Crippen molar-refractivity contribution in [2.24, 2.45) is 23.7 Å². The molecule has 4 fully saturated rings. The molecule has 4 saturated carbocycles. The van der Waals surface area contributed by atoms with Gasteiger partial charge in [-0.25, -0.2) is 0 Å². The number of aromatic nitrogens is 1. The average Bonchev–Trinajstić information content (AvgIpc) is 3.91. The Labute approximate surface area is 414 Å². The van der Waals surface area contributed by atoms with Gasteiger partial charge in [0.1, 0.15) is 0 Å². The maximum Gasteiger partial charge on any atom is 0.0547 e. The molecule has 1 nitrogen and oxygen atoms in total. The van der Waals surface area contributed by atoms with Crippen molar-refractivity contribution in [3.05, 3.63) is 236 Å². The van der Waals surface area contributed by atoms with Crippen LogP contribution >= 0.6 is 0 Å². The van der Waals surface area contributed by atoms with Crippen LogP contribution in [0.2, 0.25) is 0 Å². The standard InChI is InChI=1S/C70H51N/c1-2-17-54-46(13-1)14-12-24-55(54)48-15-11-16-49(40-48)68-60-20-3-5-22-62(60)69(63-23-6-4-21-61(63)68)50-30-34-59-58-19-8-10-26-66(58)71(67(59)42-50)53-31-27-45(28-32-53)47-29-33-57-56-18-7-9-25-64(56)70(65(57)41-47)51-36-43-35-44(38-51)39-52(70)37-43/h1-34,40-44,51-52H,35-39H2. The first-order valence-corrected chi connectivity index (χ1v) is 26.1. The van der Waals surface area contributed by atoms with Gasteiger partial charge in [0.05, 0.1) is 11.0 Å². The second-order valence-electron chi connectivity index (χ2n) is 21.6. The van der Waals surface area contributed by atoms with Gasteiger partial charge >= 0.3 is 0 Å². The molecule has 71 heavy (non-hydrogen) atoms. The summed E-state index contributed by atoms with van der Waals surface area (Å²) < 4.78 is 2.50. The Morgan fingerprint density at radius 2 is 0.831 bits per heavy atom. The minimum absolute atomic E-state index is 0.163. The first-order chi connectivity index (χ1) is 35.2. The lowest BCUT2D eigenvalue weighted by Crippen LogP contribution is -2.55. The molecule has 336 valence electrons. The van der Waals surface area contributed by atoms with Crippen molar-refractivity contribution in [1.82, 2.24) is 4.57 Å². The van der Waals surface area contributed by atoms with Gasteiger partial charge in [-0.05, 0) is 191 Å². The molecule has 5 aliphatic carbocycles. The van der Waals surface area contributed by atoms with Crippen LogP contribution < -0.4 is 0 Å². The highest BCUT2D eigenvalue weighted by molar-refractivity contribution is 6.22. The fourth-order valence-electron chi connectivity index (χ4n) is 15.6. The van der Waals surface area contributed by atoms with Gasteiger partial charge in [0.25, 0.3) is 0 Å². The molecule has 0 atom stereocenters. The van der Waals surface area contributed by atoms with Crippen LogP contribution in [0.25, 0.3) is 115 Å². The van der Waals surface area contributed by atoms with E-state index in [1.807, 2.05) is 0 Å². The Morgan fingerprint density at radius 3 is 1.56 bits per heavy atom. The smallest absolute Gasteiger partial charge is 0.0547 e. The quantitative estimate of drug-likeness (QED) is 0.152. The molecule has 12 aromatic rings. The Kier molecular flexibility index (Phi) is 8.41. The minimum Gasteiger partial charge on any atom is -0.309 e. The molecule has 0 saturated heterocycles. The molecule has 5 aliphatic rings. The molecular weight excluding hydrogens is 855 g/mol. The molecule has 1 heterocycles. The van der Waals surface area contributed by atoms with Gasteiger partial charge in [0.15, 0.2) is 0 Å². The summed E-state index contributed by atoms with van der Waals surface area (Å²) in [6.45, 7) is 0. The Balaban J connectivity index is 0.828. The maximum atomic E-state index is 2.63. The Hall–Kier alpha value is -8.00. The molecule has 1 spiro atoms. The zero-order valence-electron chi connectivity index (χ0n) is 39.7. The number of hydrogen-bond acceptors (Lipinski definition) is 0. The summed E-state index contributed by atoms with van der Waals surface area (Å²) in [6.07, 6.45) is 7.08. The number of hydrogen-bond donors (Lipinski definition) is 0. The predicted molar refractivity (Wildman–Crippen MR) is 298 cm³/mol. The molecule has 0 unspecified atom stereocenters. The van der Waals surface area contributed by atoms with Crippen LogP contribution in [-0.4, -0.2) is 4.57 Å². The molecule has 1 heteroatoms. The van der Waals surface area contributed by atoms with Gasteiger partial charge in [0.2, 0.25) is 0 Å². The summed E-state index contributed by atoms with van der Waals surface area (Å²) in [4.78, 5) is 0. The molecular formula is C70H51N. The highest BCUT2D eigenvalue weighted by Gasteiger charge is 2.61. The zero-order chi connectivity index (χ0) is 46.4. The van der Waals surface area contributed by atoms with Gasteiger partial charge in [-0.15, -0.1) is 0 Å². The van der Waals surface area contributed by atoms with Crippen molar-refractivity contribution < 1.29 is 0 Å². The maximum absolute atomic E-state index is 2.63. The van der Waals surface area contributed by atoms with Gasteiger partial charge in [0, 0.05) is 21.9 Å². The summed E-state index contributed by atoms with van der Waals surface area (Å²) in [5.74, 6) is 3.38. The van der Waals surface area contributed by atoms with Gasteiger partial charge in [-0.3, -0.25) is 0 Å². The fraction of sp³-hybridized carbons (Fsp3) is 0.143. The number of nitrogens with zero attached hydrogens (tertiary/aromatic N) is 1. The number of rotatable bonds is 5. The summed E-state index contributed by atoms with van der Waals surface area (Å²) in [6, 6.07) is 85.2. The lowest BCUT2D eigenvalue weighted by atomic mass is 9.43. The van der Waals surface area contributed by atoms with Gasteiger partial charge < -0.3 is 4.57 Å². The van der Waals surface area contributed by atoms with Crippen LogP contribution in [0.4, 0.5) is 0 Å². The lowest BCUT2D eigenvalue weighted by molar-refractivity contribution is -0.0399. The molecule has 1 aromatic heterocycles. The van der Waals surface area contributed by atoms with E-state index >= 15 is 0 Å². The third kappa shape index (κ3) is 5.64. The van der Waals surface area contributed by atoms with E-state index in [2.05, 4.69) is 229 Å². The van der Waals surface area contributed by atoms with Gasteiger partial charge in [-0.1, -0.05) is 188 Å². The second kappa shape index (κ2) is 15.0. The molecule has 0 radical (unpaired) electrons. The topological polar surface area (TPSA) is 4.93 Å². The number of para-hydroxylation sites is 1. The van der Waals surface area contributed by atoms with Crippen LogP contribution in [0.15, 0.2) is 224 Å². The SMILES string of the molecule is c1cc(-c2cccc3ccccc23)cc(-c2c3ccccc3c(-c3ccc4c5ccccc5n(-c5ccc(-c6ccc7c(c6)C6(c8ccccc8-7)C7CC8CC(C7)CC6C8)cc5)c4c3)c3ccccc23)c1. The zero-order valence-corrected chi connectivity index (χ0v) is 39.7. The van der Waals surface area contributed by atoms with Crippen molar-refractivity contribution in [2.45, 2.75) is 37.5 Å². The molecule has 17 rings (SSSR count). The van der Waals surface area contributed by atoms with Crippen LogP contribution in [0.3, 0.4) is 0 Å². The average molecular weight is 906 g/mol. The van der Waals surface area contributed by atoms with E-state index in [1.54, 1.807) is 11.1 Å². The van der Waals surface area contributed by atoms with Gasteiger partial charge in [-0.2, -0.15) is 0 Å². The Bertz CT molecular complexity index is 4090. The van der Waals surface area contributed by atoms with E-state index in [1.165, 1.54) is 148 Å². The summed E-state index contributed by atoms with van der Waals surface area (Å²) in [5, 5.41) is 10.1. The first kappa shape index (κ1) is 39.8. The monoisotopic (exact) mass is 905 g/mol. The Morgan fingerprint density at radius 1 is 0.310 bits per heavy atom. The largest absolute Gasteiger partial charge is 0.309 e. The normalized spacial score (nSPS) is 20.7. The third-order valence-electron chi connectivity index (χ3n) is 18.2. The fourth-order valence-corrected chi connectivity index (χ4v) is 15.6. The van der Waals surface area contributed by atoms with E-state index in [4.69, 9.17) is 0 Å². The van der Waals surface area contributed by atoms with Crippen molar-refractivity contribution in [3.63, 3.8) is 0 Å². The highest BCUT2D eigenvalue weighted by atomic mass is 15.0. The molecule has 0 N–H and O–H groups in total. The van der Waals surface area contributed by atoms with E-state index in [0.717, 1.165) is 23.7 Å². The van der Waals surface area contributed by atoms with Crippen molar-refractivity contribution in [3.8, 4) is 61.3 Å². The van der Waals surface area contributed by atoms with Crippen LogP contribution in [0, 0.1) is 23.7 Å². The second-order valence-corrected chi connectivity index (χ2v) is 21.6. The lowest BCUT2D eigenvalue weighted by Gasteiger charge is -2.61. The third-order valence-corrected chi connectivity index (χ3v) is 18.2. The molecule has 4 bridgehead atoms. The van der Waals surface area contributed by atoms with Crippen molar-refractivity contribution in [2.75, 3.05) is 0 Å². The minimum atomic E-state index is 0.163. The van der Waals surface area contributed by atoms with Crippen LogP contribution in [0.5, 0.6) is 0 Å². The van der Waals surface area contributed by atoms with Crippen LogP contribution in [-0.2, 0) is 5.41 Å². The summed E-state index contributed by atoms with van der Waals surface area (Å²) in [7, 11) is 0. The number of fused-ring (bicyclic) bond motifs is 9. The molecule has 0 amide bonds. The van der Waals surface area contributed by atoms with E-state index in [0.29, 0.717) is 0 Å². The van der Waals surface area contributed by atoms with Crippen LogP contribution in [0.1, 0.15) is 43.2 Å². The first-order valence-electron chi connectivity index (χ1n) is 26.1.